The molecule has 0 spiro atoms. The number of rotatable bonds is 3. The van der Waals surface area contributed by atoms with Gasteiger partial charge in [0.15, 0.2) is 0 Å². The van der Waals surface area contributed by atoms with Crippen LogP contribution in [0.5, 0.6) is 0 Å². The number of amides is 1. The van der Waals surface area contributed by atoms with Crippen molar-refractivity contribution >= 4 is 34.2 Å². The summed E-state index contributed by atoms with van der Waals surface area (Å²) in [6.45, 7) is 4.06. The van der Waals surface area contributed by atoms with Gasteiger partial charge < -0.3 is 5.32 Å². The Kier molecular flexibility index (Phi) is 5.00. The molecule has 3 heteroatoms. The fraction of sp³-hybridized carbons (Fsp3) is 0.0952. The highest BCUT2D eigenvalue weighted by molar-refractivity contribution is 14.1. The number of halogens is 1. The van der Waals surface area contributed by atoms with Crippen molar-refractivity contribution in [3.05, 3.63) is 87.0 Å². The summed E-state index contributed by atoms with van der Waals surface area (Å²) < 4.78 is 1.20. The molecule has 24 heavy (non-hydrogen) atoms. The third kappa shape index (κ3) is 3.67. The monoisotopic (exact) mass is 427 g/mol. The Hall–Kier alpha value is -2.14. The molecule has 0 bridgehead atoms. The fourth-order valence-electron chi connectivity index (χ4n) is 2.55. The zero-order chi connectivity index (χ0) is 17.1. The lowest BCUT2D eigenvalue weighted by molar-refractivity contribution is 0.102. The van der Waals surface area contributed by atoms with Gasteiger partial charge in [0, 0.05) is 14.8 Å². The molecule has 2 nitrogen and oxygen atoms in total. The summed E-state index contributed by atoms with van der Waals surface area (Å²) in [5.74, 6) is -0.0849. The van der Waals surface area contributed by atoms with Crippen LogP contribution in [0.4, 0.5) is 5.69 Å². The van der Waals surface area contributed by atoms with Crippen molar-refractivity contribution < 1.29 is 4.79 Å². The van der Waals surface area contributed by atoms with E-state index in [9.17, 15) is 4.79 Å². The highest BCUT2D eigenvalue weighted by atomic mass is 127. The number of hydrogen-bond donors (Lipinski definition) is 1. The van der Waals surface area contributed by atoms with E-state index in [4.69, 9.17) is 0 Å². The van der Waals surface area contributed by atoms with Crippen LogP contribution in [0, 0.1) is 17.4 Å². The Morgan fingerprint density at radius 2 is 1.46 bits per heavy atom. The number of benzene rings is 3. The molecular weight excluding hydrogens is 409 g/mol. The molecule has 0 aromatic heterocycles. The van der Waals surface area contributed by atoms with Crippen LogP contribution in [0.2, 0.25) is 0 Å². The highest BCUT2D eigenvalue weighted by Crippen LogP contribution is 2.23. The number of aryl methyl sites for hydroxylation is 2. The van der Waals surface area contributed by atoms with Crippen LogP contribution in [0.1, 0.15) is 21.5 Å². The molecule has 0 aliphatic carbocycles. The molecule has 0 radical (unpaired) electrons. The van der Waals surface area contributed by atoms with Crippen LogP contribution in [-0.4, -0.2) is 5.91 Å². The van der Waals surface area contributed by atoms with Crippen molar-refractivity contribution in [3.63, 3.8) is 0 Å². The summed E-state index contributed by atoms with van der Waals surface area (Å²) in [6, 6.07) is 22.0. The fourth-order valence-corrected chi connectivity index (χ4v) is 3.18. The van der Waals surface area contributed by atoms with E-state index in [1.807, 2.05) is 62.4 Å². The van der Waals surface area contributed by atoms with Gasteiger partial charge in [-0.15, -0.1) is 0 Å². The van der Waals surface area contributed by atoms with E-state index in [-0.39, 0.29) is 5.91 Å². The zero-order valence-corrected chi connectivity index (χ0v) is 15.8. The van der Waals surface area contributed by atoms with Gasteiger partial charge in [0.2, 0.25) is 0 Å². The lowest BCUT2D eigenvalue weighted by Gasteiger charge is -2.11. The molecule has 0 saturated carbocycles. The molecule has 0 aliphatic rings. The smallest absolute Gasteiger partial charge is 0.255 e. The van der Waals surface area contributed by atoms with Crippen LogP contribution < -0.4 is 5.32 Å². The summed E-state index contributed by atoms with van der Waals surface area (Å²) in [6.07, 6.45) is 0. The summed E-state index contributed by atoms with van der Waals surface area (Å²) in [5, 5.41) is 3.01. The van der Waals surface area contributed by atoms with Crippen molar-refractivity contribution in [1.82, 2.24) is 0 Å². The Balaban J connectivity index is 1.80. The van der Waals surface area contributed by atoms with Gasteiger partial charge in [-0.3, -0.25) is 4.79 Å². The van der Waals surface area contributed by atoms with Gasteiger partial charge >= 0.3 is 0 Å². The predicted molar refractivity (Wildman–Crippen MR) is 108 cm³/mol. The predicted octanol–water partition coefficient (Wildman–Crippen LogP) is 5.83. The minimum atomic E-state index is -0.0849. The normalized spacial score (nSPS) is 10.5. The number of nitrogens with one attached hydrogen (secondary N) is 1. The number of hydrogen-bond acceptors (Lipinski definition) is 1. The average Bonchev–Trinajstić information content (AvgIpc) is 2.60. The molecule has 3 aromatic carbocycles. The standard InChI is InChI=1S/C21H18INO/c1-14-13-20(15(2)12-19(14)22)23-21(24)18-10-8-17(9-11-18)16-6-4-3-5-7-16/h3-13H,1-2H3,(H,23,24). The van der Waals surface area contributed by atoms with Gasteiger partial charge in [0.25, 0.3) is 5.91 Å². The first-order valence-electron chi connectivity index (χ1n) is 7.78. The van der Waals surface area contributed by atoms with Crippen LogP contribution in [-0.2, 0) is 0 Å². The van der Waals surface area contributed by atoms with Crippen LogP contribution in [0.25, 0.3) is 11.1 Å². The average molecular weight is 427 g/mol. The van der Waals surface area contributed by atoms with Gasteiger partial charge in [0.1, 0.15) is 0 Å². The minimum Gasteiger partial charge on any atom is -0.322 e. The summed E-state index contributed by atoms with van der Waals surface area (Å²) in [4.78, 5) is 12.5. The second-order valence-corrected chi connectivity index (χ2v) is 6.98. The molecule has 3 aromatic rings. The van der Waals surface area contributed by atoms with Crippen molar-refractivity contribution in [2.24, 2.45) is 0 Å². The lowest BCUT2D eigenvalue weighted by atomic mass is 10.0. The third-order valence-electron chi connectivity index (χ3n) is 4.01. The second-order valence-electron chi connectivity index (χ2n) is 5.81. The highest BCUT2D eigenvalue weighted by Gasteiger charge is 2.09. The molecule has 0 atom stereocenters. The number of carbonyl (C=O) groups is 1. The Morgan fingerprint density at radius 1 is 0.833 bits per heavy atom. The molecule has 0 unspecified atom stereocenters. The van der Waals surface area contributed by atoms with Gasteiger partial charge in [-0.25, -0.2) is 0 Å². The quantitative estimate of drug-likeness (QED) is 0.524. The third-order valence-corrected chi connectivity index (χ3v) is 5.17. The van der Waals surface area contributed by atoms with E-state index in [1.165, 1.54) is 3.57 Å². The van der Waals surface area contributed by atoms with Crippen LogP contribution >= 0.6 is 22.6 Å². The zero-order valence-electron chi connectivity index (χ0n) is 13.6. The number of anilines is 1. The maximum atomic E-state index is 12.5. The first-order chi connectivity index (χ1) is 11.5. The first kappa shape index (κ1) is 16.7. The molecular formula is C21H18INO. The van der Waals surface area contributed by atoms with Gasteiger partial charge in [-0.2, -0.15) is 0 Å². The molecule has 1 N–H and O–H groups in total. The largest absolute Gasteiger partial charge is 0.322 e. The van der Waals surface area contributed by atoms with Gasteiger partial charge in [-0.05, 0) is 83.0 Å². The summed E-state index contributed by atoms with van der Waals surface area (Å²) in [5.41, 5.74) is 6.01. The van der Waals surface area contributed by atoms with Crippen LogP contribution in [0.3, 0.4) is 0 Å². The van der Waals surface area contributed by atoms with Gasteiger partial charge in [0.05, 0.1) is 0 Å². The van der Waals surface area contributed by atoms with Crippen molar-refractivity contribution in [3.8, 4) is 11.1 Å². The van der Waals surface area contributed by atoms with E-state index in [1.54, 1.807) is 0 Å². The molecule has 0 aliphatic heterocycles. The van der Waals surface area contributed by atoms with E-state index in [0.717, 1.165) is 27.9 Å². The first-order valence-corrected chi connectivity index (χ1v) is 8.86. The summed E-state index contributed by atoms with van der Waals surface area (Å²) in [7, 11) is 0. The van der Waals surface area contributed by atoms with Gasteiger partial charge in [-0.1, -0.05) is 42.5 Å². The number of carbonyl (C=O) groups excluding carboxylic acids is 1. The lowest BCUT2D eigenvalue weighted by Crippen LogP contribution is -2.13. The molecule has 0 fully saturated rings. The van der Waals surface area contributed by atoms with E-state index in [0.29, 0.717) is 5.56 Å². The maximum Gasteiger partial charge on any atom is 0.255 e. The Morgan fingerprint density at radius 3 is 2.12 bits per heavy atom. The minimum absolute atomic E-state index is 0.0849. The van der Waals surface area contributed by atoms with Crippen molar-refractivity contribution in [2.45, 2.75) is 13.8 Å². The van der Waals surface area contributed by atoms with E-state index < -0.39 is 0 Å². The second kappa shape index (κ2) is 7.18. The molecule has 120 valence electrons. The Labute approximate surface area is 156 Å². The summed E-state index contributed by atoms with van der Waals surface area (Å²) >= 11 is 2.31. The molecule has 1 amide bonds. The molecule has 0 heterocycles. The molecule has 3 rings (SSSR count). The topological polar surface area (TPSA) is 29.1 Å². The van der Waals surface area contributed by atoms with Crippen molar-refractivity contribution in [1.29, 1.82) is 0 Å². The maximum absolute atomic E-state index is 12.5. The van der Waals surface area contributed by atoms with E-state index >= 15 is 0 Å². The Bertz CT molecular complexity index is 870. The van der Waals surface area contributed by atoms with E-state index in [2.05, 4.69) is 46.1 Å². The van der Waals surface area contributed by atoms with Crippen LogP contribution in [0.15, 0.2) is 66.7 Å². The SMILES string of the molecule is Cc1cc(NC(=O)c2ccc(-c3ccccc3)cc2)c(C)cc1I. The van der Waals surface area contributed by atoms with Crippen molar-refractivity contribution in [2.75, 3.05) is 5.32 Å². The molecule has 0 saturated heterocycles.